The molecule has 1 aliphatic carbocycles. The van der Waals surface area contributed by atoms with E-state index >= 15 is 0 Å². The van der Waals surface area contributed by atoms with Crippen LogP contribution in [0.3, 0.4) is 0 Å². The minimum atomic E-state index is -3.73. The molecule has 3 rings (SSSR count). The molecule has 1 unspecified atom stereocenters. The first kappa shape index (κ1) is 24.5. The molecule has 1 heterocycles. The van der Waals surface area contributed by atoms with E-state index in [-0.39, 0.29) is 15.8 Å². The third-order valence-corrected chi connectivity index (χ3v) is 9.10. The molecule has 0 N–H and O–H groups in total. The minimum Gasteiger partial charge on any atom is -0.340 e. The van der Waals surface area contributed by atoms with Crippen LogP contribution in [-0.4, -0.2) is 74.7 Å². The van der Waals surface area contributed by atoms with Gasteiger partial charge in [0.25, 0.3) is 5.91 Å². The van der Waals surface area contributed by atoms with Gasteiger partial charge in [-0.15, -0.1) is 0 Å². The van der Waals surface area contributed by atoms with Crippen molar-refractivity contribution in [3.8, 4) is 0 Å². The fourth-order valence-electron chi connectivity index (χ4n) is 4.67. The molecule has 1 aliphatic heterocycles. The van der Waals surface area contributed by atoms with Gasteiger partial charge >= 0.3 is 0 Å². The quantitative estimate of drug-likeness (QED) is 0.603. The Kier molecular flexibility index (Phi) is 8.41. The Morgan fingerprint density at radius 2 is 1.81 bits per heavy atom. The molecule has 31 heavy (non-hydrogen) atoms. The Labute approximate surface area is 192 Å². The number of carbonyl (C=O) groups excluding carboxylic acids is 1. The van der Waals surface area contributed by atoms with Crippen LogP contribution in [0.1, 0.15) is 62.2 Å². The van der Waals surface area contributed by atoms with Crippen molar-refractivity contribution in [2.45, 2.75) is 62.8 Å². The number of carbonyl (C=O) groups is 1. The molecule has 6 nitrogen and oxygen atoms in total. The van der Waals surface area contributed by atoms with Crippen molar-refractivity contribution in [3.63, 3.8) is 0 Å². The van der Waals surface area contributed by atoms with E-state index in [0.29, 0.717) is 37.2 Å². The first-order valence-corrected chi connectivity index (χ1v) is 13.3. The summed E-state index contributed by atoms with van der Waals surface area (Å²) in [6.07, 6.45) is 8.19. The standard InChI is InChI=1S/C23H36ClN3O3S/c1-18-8-7-13-27(17-18)31(29,30)22-16-19(11-12-21(22)24)23(28)26(3)15-14-25(2)20-9-5-4-6-10-20/h11-12,16,18,20H,4-10,13-15,17H2,1-3H3. The predicted octanol–water partition coefficient (Wildman–Crippen LogP) is 4.10. The molecule has 1 saturated carbocycles. The molecule has 0 spiro atoms. The molecule has 8 heteroatoms. The second-order valence-electron chi connectivity index (χ2n) is 9.25. The third kappa shape index (κ3) is 6.01. The third-order valence-electron chi connectivity index (χ3n) is 6.75. The lowest BCUT2D eigenvalue weighted by molar-refractivity contribution is 0.0767. The van der Waals surface area contributed by atoms with E-state index in [2.05, 4.69) is 18.9 Å². The number of hydrogen-bond acceptors (Lipinski definition) is 4. The first-order chi connectivity index (χ1) is 14.7. The average molecular weight is 470 g/mol. The van der Waals surface area contributed by atoms with Gasteiger partial charge < -0.3 is 9.80 Å². The number of benzene rings is 1. The summed E-state index contributed by atoms with van der Waals surface area (Å²) in [5.41, 5.74) is 0.357. The van der Waals surface area contributed by atoms with Crippen molar-refractivity contribution in [2.75, 3.05) is 40.3 Å². The van der Waals surface area contributed by atoms with E-state index in [4.69, 9.17) is 11.6 Å². The Balaban J connectivity index is 1.68. The van der Waals surface area contributed by atoms with Crippen molar-refractivity contribution < 1.29 is 13.2 Å². The van der Waals surface area contributed by atoms with Gasteiger partial charge in [-0.25, -0.2) is 8.42 Å². The SMILES string of the molecule is CC1CCCN(S(=O)(=O)c2cc(C(=O)N(C)CCN(C)C3CCCCC3)ccc2Cl)C1. The van der Waals surface area contributed by atoms with Gasteiger partial charge in [0.15, 0.2) is 0 Å². The normalized spacial score (nSPS) is 21.4. The summed E-state index contributed by atoms with van der Waals surface area (Å²) < 4.78 is 27.9. The number of amides is 1. The van der Waals surface area contributed by atoms with Gasteiger partial charge in [0, 0.05) is 44.8 Å². The summed E-state index contributed by atoms with van der Waals surface area (Å²) in [7, 11) is 0.171. The second-order valence-corrected chi connectivity index (χ2v) is 11.6. The maximum absolute atomic E-state index is 13.2. The van der Waals surface area contributed by atoms with E-state index in [1.807, 2.05) is 0 Å². The second kappa shape index (κ2) is 10.6. The van der Waals surface area contributed by atoms with E-state index in [9.17, 15) is 13.2 Å². The van der Waals surface area contributed by atoms with Gasteiger partial charge in [0.05, 0.1) is 5.02 Å². The Morgan fingerprint density at radius 1 is 1.10 bits per heavy atom. The Hall–Kier alpha value is -1.15. The van der Waals surface area contributed by atoms with E-state index in [1.165, 1.54) is 48.5 Å². The predicted molar refractivity (Wildman–Crippen MR) is 125 cm³/mol. The number of likely N-dealkylation sites (N-methyl/N-ethyl adjacent to an activating group) is 2. The van der Waals surface area contributed by atoms with Crippen LogP contribution in [0.2, 0.25) is 5.02 Å². The smallest absolute Gasteiger partial charge is 0.253 e. The molecule has 1 saturated heterocycles. The molecule has 174 valence electrons. The topological polar surface area (TPSA) is 60.9 Å². The van der Waals surface area contributed by atoms with Gasteiger partial charge in [-0.05, 0) is 56.8 Å². The zero-order valence-corrected chi connectivity index (χ0v) is 20.6. The van der Waals surface area contributed by atoms with Gasteiger partial charge in [0.1, 0.15) is 4.90 Å². The zero-order chi connectivity index (χ0) is 22.6. The first-order valence-electron chi connectivity index (χ1n) is 11.5. The number of halogens is 1. The highest BCUT2D eigenvalue weighted by molar-refractivity contribution is 7.89. The maximum Gasteiger partial charge on any atom is 0.253 e. The number of hydrogen-bond donors (Lipinski definition) is 0. The molecule has 1 aromatic rings. The molecule has 1 aromatic carbocycles. The summed E-state index contributed by atoms with van der Waals surface area (Å²) in [5, 5.41) is 0.162. The van der Waals surface area contributed by atoms with Gasteiger partial charge in [0.2, 0.25) is 10.0 Å². The molecule has 2 aliphatic rings. The molecule has 2 fully saturated rings. The zero-order valence-electron chi connectivity index (χ0n) is 19.0. The van der Waals surface area contributed by atoms with E-state index < -0.39 is 10.0 Å². The number of sulfonamides is 1. The lowest BCUT2D eigenvalue weighted by atomic mass is 9.94. The average Bonchev–Trinajstić information content (AvgIpc) is 2.77. The lowest BCUT2D eigenvalue weighted by Crippen LogP contribution is -2.40. The molecule has 0 radical (unpaired) electrons. The molecule has 1 amide bonds. The van der Waals surface area contributed by atoms with Gasteiger partial charge in [-0.2, -0.15) is 4.31 Å². The van der Waals surface area contributed by atoms with Crippen LogP contribution in [0, 0.1) is 5.92 Å². The summed E-state index contributed by atoms with van der Waals surface area (Å²) in [4.78, 5) is 17.1. The van der Waals surface area contributed by atoms with Gasteiger partial charge in [-0.3, -0.25) is 4.79 Å². The van der Waals surface area contributed by atoms with Crippen molar-refractivity contribution in [1.29, 1.82) is 0 Å². The summed E-state index contributed by atoms with van der Waals surface area (Å²) >= 11 is 6.27. The van der Waals surface area contributed by atoms with Crippen molar-refractivity contribution in [3.05, 3.63) is 28.8 Å². The van der Waals surface area contributed by atoms with Crippen molar-refractivity contribution >= 4 is 27.5 Å². The van der Waals surface area contributed by atoms with Crippen LogP contribution in [0.5, 0.6) is 0 Å². The summed E-state index contributed by atoms with van der Waals surface area (Å²) in [6.45, 7) is 4.44. The highest BCUT2D eigenvalue weighted by Gasteiger charge is 2.31. The molecule has 0 bridgehead atoms. The molecular formula is C23H36ClN3O3S. The summed E-state index contributed by atoms with van der Waals surface area (Å²) in [6, 6.07) is 5.18. The maximum atomic E-state index is 13.2. The van der Waals surface area contributed by atoms with Crippen LogP contribution >= 0.6 is 11.6 Å². The molecule has 1 atom stereocenters. The highest BCUT2D eigenvalue weighted by Crippen LogP contribution is 2.29. The van der Waals surface area contributed by atoms with Crippen LogP contribution in [0.25, 0.3) is 0 Å². The number of rotatable bonds is 7. The minimum absolute atomic E-state index is 0.0295. The molecular weight excluding hydrogens is 434 g/mol. The largest absolute Gasteiger partial charge is 0.340 e. The van der Waals surface area contributed by atoms with Gasteiger partial charge in [-0.1, -0.05) is 37.8 Å². The van der Waals surface area contributed by atoms with Crippen LogP contribution < -0.4 is 0 Å². The number of nitrogens with zero attached hydrogens (tertiary/aromatic N) is 3. The van der Waals surface area contributed by atoms with Crippen molar-refractivity contribution in [1.82, 2.24) is 14.1 Å². The highest BCUT2D eigenvalue weighted by atomic mass is 35.5. The molecule has 0 aromatic heterocycles. The van der Waals surface area contributed by atoms with Crippen LogP contribution in [0.4, 0.5) is 0 Å². The van der Waals surface area contributed by atoms with Crippen LogP contribution in [-0.2, 0) is 10.0 Å². The van der Waals surface area contributed by atoms with Crippen molar-refractivity contribution in [2.24, 2.45) is 5.92 Å². The van der Waals surface area contributed by atoms with E-state index in [1.54, 1.807) is 18.0 Å². The monoisotopic (exact) mass is 469 g/mol. The Morgan fingerprint density at radius 3 is 2.48 bits per heavy atom. The number of piperidine rings is 1. The Bertz CT molecular complexity index is 871. The van der Waals surface area contributed by atoms with Crippen LogP contribution in [0.15, 0.2) is 23.1 Å². The summed E-state index contributed by atoms with van der Waals surface area (Å²) in [5.74, 6) is 0.136. The van der Waals surface area contributed by atoms with E-state index in [0.717, 1.165) is 19.4 Å². The lowest BCUT2D eigenvalue weighted by Gasteiger charge is -2.32. The fourth-order valence-corrected chi connectivity index (χ4v) is 6.77. The fraction of sp³-hybridized carbons (Fsp3) is 0.696.